The molecule has 1 aliphatic rings. The maximum absolute atomic E-state index is 13.0. The summed E-state index contributed by atoms with van der Waals surface area (Å²) in [6, 6.07) is -0.985. The van der Waals surface area contributed by atoms with Crippen molar-refractivity contribution in [2.75, 3.05) is 13.2 Å². The van der Waals surface area contributed by atoms with E-state index in [0.29, 0.717) is 6.42 Å². The van der Waals surface area contributed by atoms with Gasteiger partial charge >= 0.3 is 0 Å². The van der Waals surface area contributed by atoms with E-state index in [4.69, 9.17) is 9.47 Å². The molecule has 1 amide bonds. The molecule has 358 valence electrons. The van der Waals surface area contributed by atoms with Crippen molar-refractivity contribution in [1.82, 2.24) is 5.32 Å². The van der Waals surface area contributed by atoms with Crippen molar-refractivity contribution in [3.05, 3.63) is 0 Å². The quantitative estimate of drug-likeness (QED) is 0.0295. The van der Waals surface area contributed by atoms with Gasteiger partial charge in [-0.2, -0.15) is 0 Å². The van der Waals surface area contributed by atoms with E-state index in [0.717, 1.165) is 38.5 Å². The standard InChI is InChI=1S/C50H99NO9/c1-3-5-7-9-11-13-15-17-18-19-20-21-22-23-24-25-26-27-29-31-33-35-37-39-45(54)51-42(41-59-50-49(58)48(57)47(56)44(40-52)60-50)46(55)43(53)38-36-34-32-30-28-16-14-12-10-8-6-4-2/h42-44,46-50,52-53,55-58H,3-41H2,1-2H3,(H,51,54)/t42-,43+,44+,46-,47-,48-,49+,50+/m0/s1. The third kappa shape index (κ3) is 30.3. The number of rotatable bonds is 44. The molecule has 1 aliphatic heterocycles. The lowest BCUT2D eigenvalue weighted by atomic mass is 9.98. The molecule has 0 radical (unpaired) electrons. The van der Waals surface area contributed by atoms with Crippen molar-refractivity contribution in [1.29, 1.82) is 0 Å². The smallest absolute Gasteiger partial charge is 0.220 e. The zero-order valence-corrected chi connectivity index (χ0v) is 39.1. The number of aliphatic hydroxyl groups excluding tert-OH is 6. The van der Waals surface area contributed by atoms with Gasteiger partial charge < -0.3 is 45.4 Å². The monoisotopic (exact) mass is 858 g/mol. The SMILES string of the molecule is CCCCCCCCCCCCCCCCCCCCCCCCCC(=O)N[C@@H](CO[C@@H]1O[C@H](CO)[C@H](O)[C@H](O)[C@H]1O)[C@H](O)[C@H](O)CCCCCCCCCCCCCC. The minimum absolute atomic E-state index is 0.252. The Balaban J connectivity index is 2.26. The lowest BCUT2D eigenvalue weighted by molar-refractivity contribution is -0.303. The number of ether oxygens (including phenoxy) is 2. The van der Waals surface area contributed by atoms with Crippen LogP contribution in [0, 0.1) is 0 Å². The van der Waals surface area contributed by atoms with Crippen LogP contribution in [-0.4, -0.2) is 98.7 Å². The van der Waals surface area contributed by atoms with E-state index < -0.39 is 55.6 Å². The van der Waals surface area contributed by atoms with Crippen molar-refractivity contribution in [2.45, 2.75) is 300 Å². The van der Waals surface area contributed by atoms with Gasteiger partial charge in [0.25, 0.3) is 0 Å². The third-order valence-corrected chi connectivity index (χ3v) is 12.8. The Morgan fingerprint density at radius 2 is 0.867 bits per heavy atom. The van der Waals surface area contributed by atoms with Gasteiger partial charge in [0, 0.05) is 6.42 Å². The molecule has 0 aliphatic carbocycles. The molecule has 1 fully saturated rings. The highest BCUT2D eigenvalue weighted by molar-refractivity contribution is 5.76. The molecule has 60 heavy (non-hydrogen) atoms. The van der Waals surface area contributed by atoms with E-state index in [1.807, 2.05) is 0 Å². The Kier molecular flexibility index (Phi) is 39.0. The number of hydrogen-bond acceptors (Lipinski definition) is 9. The fourth-order valence-electron chi connectivity index (χ4n) is 8.61. The summed E-state index contributed by atoms with van der Waals surface area (Å²) in [6.07, 6.45) is 35.5. The van der Waals surface area contributed by atoms with Crippen LogP contribution < -0.4 is 5.32 Å². The minimum Gasteiger partial charge on any atom is -0.394 e. The van der Waals surface area contributed by atoms with E-state index in [1.54, 1.807) is 0 Å². The van der Waals surface area contributed by atoms with E-state index in [9.17, 15) is 35.4 Å². The summed E-state index contributed by atoms with van der Waals surface area (Å²) in [4.78, 5) is 13.0. The molecule has 0 unspecified atom stereocenters. The third-order valence-electron chi connectivity index (χ3n) is 12.8. The molecule has 1 saturated heterocycles. The predicted octanol–water partition coefficient (Wildman–Crippen LogP) is 10.5. The molecule has 0 saturated carbocycles. The molecular weight excluding hydrogens is 759 g/mol. The highest BCUT2D eigenvalue weighted by Crippen LogP contribution is 2.23. The first-order valence-corrected chi connectivity index (χ1v) is 25.8. The second kappa shape index (κ2) is 40.9. The largest absolute Gasteiger partial charge is 0.394 e. The molecule has 10 heteroatoms. The molecular formula is C50H99NO9. The fraction of sp³-hybridized carbons (Fsp3) is 0.980. The molecule has 0 aromatic rings. The molecule has 0 aromatic carbocycles. The highest BCUT2D eigenvalue weighted by Gasteiger charge is 2.44. The molecule has 1 rings (SSSR count). The Hall–Kier alpha value is -0.850. The van der Waals surface area contributed by atoms with Gasteiger partial charge in [0.1, 0.15) is 30.5 Å². The summed E-state index contributed by atoms with van der Waals surface area (Å²) < 4.78 is 11.2. The van der Waals surface area contributed by atoms with Crippen LogP contribution in [0.25, 0.3) is 0 Å². The van der Waals surface area contributed by atoms with E-state index >= 15 is 0 Å². The van der Waals surface area contributed by atoms with E-state index in [2.05, 4.69) is 19.2 Å². The van der Waals surface area contributed by atoms with Crippen molar-refractivity contribution in [3.8, 4) is 0 Å². The summed E-state index contributed by atoms with van der Waals surface area (Å²) >= 11 is 0. The Morgan fingerprint density at radius 1 is 0.517 bits per heavy atom. The first-order valence-electron chi connectivity index (χ1n) is 25.8. The normalized spacial score (nSPS) is 21.0. The summed E-state index contributed by atoms with van der Waals surface area (Å²) in [5.74, 6) is -0.252. The maximum atomic E-state index is 13.0. The average molecular weight is 858 g/mol. The van der Waals surface area contributed by atoms with Crippen molar-refractivity contribution < 1.29 is 44.9 Å². The van der Waals surface area contributed by atoms with Crippen LogP contribution in [0.15, 0.2) is 0 Å². The van der Waals surface area contributed by atoms with Gasteiger partial charge in [0.2, 0.25) is 5.91 Å². The average Bonchev–Trinajstić information content (AvgIpc) is 3.25. The second-order valence-corrected chi connectivity index (χ2v) is 18.5. The molecule has 0 aromatic heterocycles. The van der Waals surface area contributed by atoms with Crippen LogP contribution in [0.4, 0.5) is 0 Å². The number of amides is 1. The van der Waals surface area contributed by atoms with Crippen LogP contribution >= 0.6 is 0 Å². The van der Waals surface area contributed by atoms with Crippen molar-refractivity contribution >= 4 is 5.91 Å². The molecule has 8 atom stereocenters. The van der Waals surface area contributed by atoms with Crippen molar-refractivity contribution in [2.24, 2.45) is 0 Å². The van der Waals surface area contributed by atoms with Gasteiger partial charge in [-0.05, 0) is 12.8 Å². The Morgan fingerprint density at radius 3 is 1.23 bits per heavy atom. The molecule has 1 heterocycles. The predicted molar refractivity (Wildman–Crippen MR) is 246 cm³/mol. The molecule has 7 N–H and O–H groups in total. The van der Waals surface area contributed by atoms with Crippen molar-refractivity contribution in [3.63, 3.8) is 0 Å². The number of unbranched alkanes of at least 4 members (excludes halogenated alkanes) is 33. The zero-order chi connectivity index (χ0) is 43.9. The first kappa shape index (κ1) is 57.2. The van der Waals surface area contributed by atoms with Crippen LogP contribution in [0.1, 0.15) is 251 Å². The maximum Gasteiger partial charge on any atom is 0.220 e. The van der Waals surface area contributed by atoms with Crippen LogP contribution in [0.2, 0.25) is 0 Å². The summed E-state index contributed by atoms with van der Waals surface area (Å²) in [5, 5.41) is 65.3. The summed E-state index contributed by atoms with van der Waals surface area (Å²) in [7, 11) is 0. The van der Waals surface area contributed by atoms with Gasteiger partial charge in [-0.15, -0.1) is 0 Å². The Labute approximate surface area is 368 Å². The highest BCUT2D eigenvalue weighted by atomic mass is 16.7. The van der Waals surface area contributed by atoms with Gasteiger partial charge in [0.05, 0.1) is 25.4 Å². The van der Waals surface area contributed by atoms with Crippen LogP contribution in [-0.2, 0) is 14.3 Å². The lowest BCUT2D eigenvalue weighted by Gasteiger charge is -2.40. The van der Waals surface area contributed by atoms with Gasteiger partial charge in [0.15, 0.2) is 6.29 Å². The first-order chi connectivity index (χ1) is 29.3. The lowest BCUT2D eigenvalue weighted by Crippen LogP contribution is -2.60. The molecule has 0 bridgehead atoms. The summed E-state index contributed by atoms with van der Waals surface area (Å²) in [5.41, 5.74) is 0. The second-order valence-electron chi connectivity index (χ2n) is 18.5. The van der Waals surface area contributed by atoms with Gasteiger partial charge in [-0.3, -0.25) is 4.79 Å². The number of nitrogens with one attached hydrogen (secondary N) is 1. The number of carbonyl (C=O) groups excluding carboxylic acids is 1. The Bertz CT molecular complexity index is 926. The topological polar surface area (TPSA) is 169 Å². The van der Waals surface area contributed by atoms with Crippen LogP contribution in [0.5, 0.6) is 0 Å². The minimum atomic E-state index is -1.60. The number of carbonyl (C=O) groups is 1. The van der Waals surface area contributed by atoms with Crippen LogP contribution in [0.3, 0.4) is 0 Å². The molecule has 0 spiro atoms. The number of aliphatic hydroxyl groups is 6. The zero-order valence-electron chi connectivity index (χ0n) is 39.1. The van der Waals surface area contributed by atoms with E-state index in [-0.39, 0.29) is 18.9 Å². The molecule has 10 nitrogen and oxygen atoms in total. The summed E-state index contributed by atoms with van der Waals surface area (Å²) in [6.45, 7) is 3.63. The van der Waals surface area contributed by atoms with Gasteiger partial charge in [-0.1, -0.05) is 232 Å². The van der Waals surface area contributed by atoms with E-state index in [1.165, 1.54) is 186 Å². The fourth-order valence-corrected chi connectivity index (χ4v) is 8.61. The van der Waals surface area contributed by atoms with Gasteiger partial charge in [-0.25, -0.2) is 0 Å². The number of hydrogen-bond donors (Lipinski definition) is 7.